The zero-order chi connectivity index (χ0) is 55.3. The first-order chi connectivity index (χ1) is 37.7. The van der Waals surface area contributed by atoms with Gasteiger partial charge in [0.2, 0.25) is 23.6 Å². The number of carbonyl (C=O) groups is 6. The summed E-state index contributed by atoms with van der Waals surface area (Å²) in [6, 6.07) is 27.3. The molecule has 8 rings (SSSR count). The third-order valence-corrected chi connectivity index (χ3v) is 17.2. The van der Waals surface area contributed by atoms with E-state index in [1.165, 1.54) is 0 Å². The molecule has 2 aliphatic carbocycles. The number of β-amino-alcohol motifs (C(OH)–C–C–N with tert-alkyl or cyclic N) is 2. The number of likely N-dealkylation sites (N-methyl/N-ethyl adjacent to an activating group) is 2. The Morgan fingerprint density at radius 3 is 1.27 bits per heavy atom. The summed E-state index contributed by atoms with van der Waals surface area (Å²) in [6.45, 7) is 4.83. The van der Waals surface area contributed by atoms with Gasteiger partial charge in [-0.05, 0) is 137 Å². The highest BCUT2D eigenvalue weighted by Crippen LogP contribution is 2.32. The van der Waals surface area contributed by atoms with Gasteiger partial charge in [-0.15, -0.1) is 0 Å². The summed E-state index contributed by atoms with van der Waals surface area (Å²) in [5.41, 5.74) is 2.99. The molecule has 8 atom stereocenters. The lowest BCUT2D eigenvalue weighted by Crippen LogP contribution is -2.57. The molecular formula is C62H84N8O8. The molecule has 16 nitrogen and oxygen atoms in total. The van der Waals surface area contributed by atoms with Crippen LogP contribution in [-0.2, 0) is 32.0 Å². The minimum absolute atomic E-state index is 0.0282. The van der Waals surface area contributed by atoms with E-state index >= 15 is 0 Å². The van der Waals surface area contributed by atoms with Crippen LogP contribution in [0.25, 0.3) is 10.8 Å². The molecule has 2 aliphatic heterocycles. The molecule has 4 aromatic rings. The largest absolute Gasteiger partial charge is 0.391 e. The number of carbonyl (C=O) groups excluding carboxylic acids is 6. The third-order valence-electron chi connectivity index (χ3n) is 17.2. The number of nitrogens with one attached hydrogen (secondary N) is 4. The van der Waals surface area contributed by atoms with E-state index in [1.54, 1.807) is 59.7 Å². The summed E-state index contributed by atoms with van der Waals surface area (Å²) in [5.74, 6) is -1.46. The molecule has 4 aliphatic rings. The Balaban J connectivity index is 1.03. The number of aliphatic hydroxyl groups is 2. The predicted octanol–water partition coefficient (Wildman–Crippen LogP) is 5.48. The van der Waals surface area contributed by atoms with Crippen LogP contribution in [0, 0.1) is 11.8 Å². The van der Waals surface area contributed by atoms with Gasteiger partial charge in [-0.1, -0.05) is 111 Å². The Bertz CT molecular complexity index is 2480. The highest BCUT2D eigenvalue weighted by atomic mass is 16.3. The van der Waals surface area contributed by atoms with E-state index in [-0.39, 0.29) is 73.5 Å². The van der Waals surface area contributed by atoms with Crippen LogP contribution in [0.15, 0.2) is 97.1 Å². The van der Waals surface area contributed by atoms with Crippen LogP contribution in [0.3, 0.4) is 0 Å². The minimum atomic E-state index is -0.785. The van der Waals surface area contributed by atoms with Crippen LogP contribution < -0.4 is 21.3 Å². The molecule has 420 valence electrons. The molecule has 4 fully saturated rings. The number of aliphatic hydroxyl groups excluding tert-OH is 2. The minimum Gasteiger partial charge on any atom is -0.391 e. The first kappa shape index (κ1) is 58.0. The fourth-order valence-electron chi connectivity index (χ4n) is 12.3. The number of hydrogen-bond acceptors (Lipinski definition) is 10. The quantitative estimate of drug-likeness (QED) is 0.0586. The molecule has 4 aromatic carbocycles. The van der Waals surface area contributed by atoms with Crippen LogP contribution >= 0.6 is 0 Å². The summed E-state index contributed by atoms with van der Waals surface area (Å²) in [4.78, 5) is 92.8. The standard InChI is InChI=1S/C62H84N8O8/c1-41(63-3)57(73)65-55(45-21-13-7-14-22-45)61(77)69-39-53(71)35-51(69)37-67(31-29-43-17-9-5-10-18-43)59(75)49-27-25-48-34-50(28-26-47(48)33-49)60(76)68(32-30-44-19-11-6-12-20-44)38-52-36-54(72)40-70(52)62(78)56(46-23-15-8-16-24-46)66-58(74)42(2)64-4/h5-6,9-12,17-20,25-28,33-34,41-42,45-46,51-56,63-64,71-72H,7-8,13-16,21-24,29-32,35-40H2,1-4H3,(H,65,73)(H,66,74)/t41-,42-,51-,52-,53+,54+,55-,56-/m0/s1. The van der Waals surface area contributed by atoms with Crippen molar-refractivity contribution in [1.82, 2.24) is 40.9 Å². The second kappa shape index (κ2) is 27.6. The van der Waals surface area contributed by atoms with Gasteiger partial charge < -0.3 is 51.1 Å². The van der Waals surface area contributed by atoms with E-state index in [4.69, 9.17) is 0 Å². The normalized spacial score (nSPS) is 21.6. The average molecular weight is 1070 g/mol. The van der Waals surface area contributed by atoms with Gasteiger partial charge in [-0.2, -0.15) is 0 Å². The van der Waals surface area contributed by atoms with Gasteiger partial charge in [-0.3, -0.25) is 28.8 Å². The molecule has 6 N–H and O–H groups in total. The van der Waals surface area contributed by atoms with Crippen molar-refractivity contribution in [3.05, 3.63) is 119 Å². The van der Waals surface area contributed by atoms with E-state index < -0.39 is 48.5 Å². The summed E-state index contributed by atoms with van der Waals surface area (Å²) >= 11 is 0. The van der Waals surface area contributed by atoms with E-state index in [2.05, 4.69) is 21.3 Å². The molecule has 2 saturated heterocycles. The summed E-state index contributed by atoms with van der Waals surface area (Å²) in [6.07, 6.45) is 9.53. The van der Waals surface area contributed by atoms with E-state index in [0.29, 0.717) is 49.9 Å². The number of benzene rings is 4. The van der Waals surface area contributed by atoms with Gasteiger partial charge >= 0.3 is 0 Å². The first-order valence-corrected chi connectivity index (χ1v) is 28.8. The number of fused-ring (bicyclic) bond motifs is 1. The topological polar surface area (TPSA) is 204 Å². The molecule has 0 spiro atoms. The lowest BCUT2D eigenvalue weighted by Gasteiger charge is -2.37. The van der Waals surface area contributed by atoms with Crippen molar-refractivity contribution in [2.75, 3.05) is 53.4 Å². The van der Waals surface area contributed by atoms with Crippen LogP contribution in [0.2, 0.25) is 0 Å². The highest BCUT2D eigenvalue weighted by Gasteiger charge is 2.44. The van der Waals surface area contributed by atoms with Gasteiger partial charge in [0.15, 0.2) is 0 Å². The molecule has 6 amide bonds. The molecule has 0 unspecified atom stereocenters. The Labute approximate surface area is 461 Å². The lowest BCUT2D eigenvalue weighted by atomic mass is 9.83. The maximum Gasteiger partial charge on any atom is 0.253 e. The number of amides is 6. The number of rotatable bonds is 22. The molecule has 78 heavy (non-hydrogen) atoms. The molecule has 0 bridgehead atoms. The van der Waals surface area contributed by atoms with Crippen molar-refractivity contribution in [2.24, 2.45) is 11.8 Å². The number of nitrogens with zero attached hydrogens (tertiary/aromatic N) is 4. The second-order valence-corrected chi connectivity index (χ2v) is 22.6. The fourth-order valence-corrected chi connectivity index (χ4v) is 12.3. The zero-order valence-electron chi connectivity index (χ0n) is 46.3. The summed E-state index contributed by atoms with van der Waals surface area (Å²) in [7, 11) is 3.42. The van der Waals surface area contributed by atoms with Crippen molar-refractivity contribution in [1.29, 1.82) is 0 Å². The van der Waals surface area contributed by atoms with Gasteiger partial charge in [0.1, 0.15) is 12.1 Å². The lowest BCUT2D eigenvalue weighted by molar-refractivity contribution is -0.140. The van der Waals surface area contributed by atoms with Crippen molar-refractivity contribution in [2.45, 2.75) is 152 Å². The summed E-state index contributed by atoms with van der Waals surface area (Å²) < 4.78 is 0. The smallest absolute Gasteiger partial charge is 0.253 e. The molecule has 16 heteroatoms. The van der Waals surface area contributed by atoms with Crippen LogP contribution in [-0.4, -0.2) is 167 Å². The van der Waals surface area contributed by atoms with Crippen LogP contribution in [0.1, 0.15) is 123 Å². The zero-order valence-corrected chi connectivity index (χ0v) is 46.3. The van der Waals surface area contributed by atoms with Crippen molar-refractivity contribution in [3.63, 3.8) is 0 Å². The van der Waals surface area contributed by atoms with E-state index in [9.17, 15) is 39.0 Å². The average Bonchev–Trinajstić information content (AvgIpc) is 4.05. The van der Waals surface area contributed by atoms with E-state index in [1.807, 2.05) is 84.9 Å². The number of likely N-dealkylation sites (tertiary alicyclic amines) is 2. The Hall–Kier alpha value is -6.20. The SMILES string of the molecule is CN[C@@H](C)C(=O)N[C@H](C(=O)N1C[C@H](O)C[C@H]1CN(CCc1ccccc1)C(=O)c1ccc2cc(C(=O)N(CCc3ccccc3)C[C@@H]3C[C@@H](O)CN3C(=O)[C@@H](NC(=O)[C@H](C)NC)C3CCCCC3)ccc2c1)C1CCCCC1. The monoisotopic (exact) mass is 1070 g/mol. The van der Waals surface area contributed by atoms with Crippen LogP contribution in [0.4, 0.5) is 0 Å². The van der Waals surface area contributed by atoms with Gasteiger partial charge in [0.25, 0.3) is 11.8 Å². The molecular weight excluding hydrogens is 985 g/mol. The van der Waals surface area contributed by atoms with Gasteiger partial charge in [0.05, 0.1) is 36.4 Å². The third kappa shape index (κ3) is 14.7. The molecule has 2 saturated carbocycles. The van der Waals surface area contributed by atoms with Crippen LogP contribution in [0.5, 0.6) is 0 Å². The van der Waals surface area contributed by atoms with Crippen molar-refractivity contribution >= 4 is 46.2 Å². The fraction of sp³-hybridized carbons (Fsp3) is 0.548. The molecule has 0 radical (unpaired) electrons. The molecule has 2 heterocycles. The van der Waals surface area contributed by atoms with Crippen molar-refractivity contribution in [3.8, 4) is 0 Å². The second-order valence-electron chi connectivity index (χ2n) is 22.6. The number of hydrogen-bond donors (Lipinski definition) is 6. The Morgan fingerprint density at radius 1 is 0.538 bits per heavy atom. The van der Waals surface area contributed by atoms with Gasteiger partial charge in [-0.25, -0.2) is 0 Å². The predicted molar refractivity (Wildman–Crippen MR) is 302 cm³/mol. The maximum atomic E-state index is 14.9. The van der Waals surface area contributed by atoms with Gasteiger partial charge in [0, 0.05) is 50.4 Å². The Kier molecular flexibility index (Phi) is 20.5. The van der Waals surface area contributed by atoms with E-state index in [0.717, 1.165) is 86.1 Å². The Morgan fingerprint density at radius 2 is 0.910 bits per heavy atom. The highest BCUT2D eigenvalue weighted by molar-refractivity contribution is 6.02. The van der Waals surface area contributed by atoms with Crippen molar-refractivity contribution < 1.29 is 39.0 Å². The molecule has 0 aromatic heterocycles. The summed E-state index contributed by atoms with van der Waals surface area (Å²) in [5, 5.41) is 35.9. The maximum absolute atomic E-state index is 14.9. The first-order valence-electron chi connectivity index (χ1n) is 28.8.